The van der Waals surface area contributed by atoms with E-state index in [9.17, 15) is 14.4 Å². The molecule has 5 atom stereocenters. The molecule has 4 rings (SSSR count). The van der Waals surface area contributed by atoms with Crippen LogP contribution in [0.2, 0.25) is 0 Å². The normalized spacial score (nSPS) is 28.8. The van der Waals surface area contributed by atoms with Crippen LogP contribution in [0.5, 0.6) is 0 Å². The van der Waals surface area contributed by atoms with E-state index in [1.807, 2.05) is 37.3 Å². The van der Waals surface area contributed by atoms with Gasteiger partial charge in [-0.15, -0.1) is 0 Å². The highest BCUT2D eigenvalue weighted by atomic mass is 16.5. The van der Waals surface area contributed by atoms with Gasteiger partial charge in [0.2, 0.25) is 11.8 Å². The Kier molecular flexibility index (Phi) is 7.13. The maximum absolute atomic E-state index is 13.4. The Morgan fingerprint density at radius 1 is 1.00 bits per heavy atom. The smallest absolute Gasteiger partial charge is 0.311 e. The molecule has 1 aliphatic carbocycles. The number of ether oxygens (including phenoxy) is 1. The third-order valence-electron chi connectivity index (χ3n) is 7.56. The Balaban J connectivity index is 1.45. The molecule has 3 aliphatic rings. The van der Waals surface area contributed by atoms with Gasteiger partial charge in [0, 0.05) is 18.1 Å². The number of hydrogen-bond donors (Lipinski definition) is 2. The Bertz CT molecular complexity index is 824. The molecule has 0 spiro atoms. The maximum atomic E-state index is 13.4. The Morgan fingerprint density at radius 3 is 2.31 bits per heavy atom. The van der Waals surface area contributed by atoms with Crippen molar-refractivity contribution in [3.8, 4) is 0 Å². The average molecular weight is 442 g/mol. The number of esters is 1. The molecule has 1 aromatic carbocycles. The number of methoxy groups -OCH3 is 1. The van der Waals surface area contributed by atoms with Gasteiger partial charge in [0.15, 0.2) is 0 Å². The molecule has 2 aliphatic heterocycles. The van der Waals surface area contributed by atoms with E-state index < -0.39 is 11.8 Å². The standard InChI is InChI=1S/C25H35N3O4/c1-16(17-9-5-3-6-10-17)26-24(30)22-19-13-14-20(23(22)25(31)32-2)28(19)15-21(29)27-18-11-7-4-8-12-18/h3,5-6,9-10,16,18-20,22-23H,4,7-8,11-15H2,1-2H3,(H,26,30)(H,27,29)/t16-,19-,20+,22+,23+/m0/s1. The topological polar surface area (TPSA) is 87.7 Å². The van der Waals surface area contributed by atoms with Gasteiger partial charge >= 0.3 is 5.97 Å². The third kappa shape index (κ3) is 4.68. The second-order valence-corrected chi connectivity index (χ2v) is 9.50. The lowest BCUT2D eigenvalue weighted by Crippen LogP contribution is -2.46. The van der Waals surface area contributed by atoms with E-state index in [4.69, 9.17) is 4.74 Å². The molecule has 2 amide bonds. The lowest BCUT2D eigenvalue weighted by Gasteiger charge is -2.28. The van der Waals surface area contributed by atoms with E-state index in [1.165, 1.54) is 13.5 Å². The van der Waals surface area contributed by atoms with Crippen LogP contribution in [0.15, 0.2) is 30.3 Å². The van der Waals surface area contributed by atoms with Crippen LogP contribution >= 0.6 is 0 Å². The molecule has 7 nitrogen and oxygen atoms in total. The maximum Gasteiger partial charge on any atom is 0.311 e. The van der Waals surface area contributed by atoms with Gasteiger partial charge < -0.3 is 15.4 Å². The zero-order valence-corrected chi connectivity index (χ0v) is 19.1. The summed E-state index contributed by atoms with van der Waals surface area (Å²) in [5.41, 5.74) is 1.02. The lowest BCUT2D eigenvalue weighted by molar-refractivity contribution is -0.151. The highest BCUT2D eigenvalue weighted by Gasteiger charge is 2.59. The monoisotopic (exact) mass is 441 g/mol. The second kappa shape index (κ2) is 10.0. The minimum absolute atomic E-state index is 0.00359. The van der Waals surface area contributed by atoms with Crippen molar-refractivity contribution in [1.82, 2.24) is 15.5 Å². The molecule has 0 unspecified atom stereocenters. The first-order chi connectivity index (χ1) is 15.5. The van der Waals surface area contributed by atoms with Crippen LogP contribution in [-0.4, -0.2) is 54.5 Å². The summed E-state index contributed by atoms with van der Waals surface area (Å²) in [6.45, 7) is 2.18. The molecular formula is C25H35N3O4. The van der Waals surface area contributed by atoms with Gasteiger partial charge in [-0.2, -0.15) is 0 Å². The summed E-state index contributed by atoms with van der Waals surface area (Å²) in [6, 6.07) is 9.62. The predicted octanol–water partition coefficient (Wildman–Crippen LogP) is 2.56. The van der Waals surface area contributed by atoms with Gasteiger partial charge in [-0.1, -0.05) is 49.6 Å². The number of fused-ring (bicyclic) bond motifs is 2. The van der Waals surface area contributed by atoms with Crippen LogP contribution < -0.4 is 10.6 Å². The van der Waals surface area contributed by atoms with Crippen LogP contribution in [0.1, 0.15) is 63.5 Å². The minimum atomic E-state index is -0.538. The molecule has 2 heterocycles. The van der Waals surface area contributed by atoms with Gasteiger partial charge in [0.25, 0.3) is 0 Å². The van der Waals surface area contributed by atoms with E-state index in [0.29, 0.717) is 0 Å². The van der Waals surface area contributed by atoms with Gasteiger partial charge in [-0.3, -0.25) is 19.3 Å². The molecule has 32 heavy (non-hydrogen) atoms. The number of rotatable bonds is 7. The summed E-state index contributed by atoms with van der Waals surface area (Å²) in [5.74, 6) is -1.54. The van der Waals surface area contributed by atoms with E-state index in [1.54, 1.807) is 0 Å². The van der Waals surface area contributed by atoms with Crippen molar-refractivity contribution in [2.75, 3.05) is 13.7 Å². The van der Waals surface area contributed by atoms with Gasteiger partial charge in [-0.25, -0.2) is 0 Å². The van der Waals surface area contributed by atoms with E-state index in [0.717, 1.165) is 44.1 Å². The molecule has 0 radical (unpaired) electrons. The van der Waals surface area contributed by atoms with Gasteiger partial charge in [0.1, 0.15) is 0 Å². The van der Waals surface area contributed by atoms with Crippen LogP contribution in [0.3, 0.4) is 0 Å². The van der Waals surface area contributed by atoms with Crippen molar-refractivity contribution < 1.29 is 19.1 Å². The molecule has 1 aromatic rings. The number of benzene rings is 1. The molecule has 7 heteroatoms. The lowest BCUT2D eigenvalue weighted by atomic mass is 9.78. The first kappa shape index (κ1) is 22.8. The van der Waals surface area contributed by atoms with Crippen molar-refractivity contribution in [3.05, 3.63) is 35.9 Å². The molecule has 3 fully saturated rings. The van der Waals surface area contributed by atoms with Crippen molar-refractivity contribution in [2.45, 2.75) is 76.0 Å². The first-order valence-electron chi connectivity index (χ1n) is 12.0. The Hall–Kier alpha value is -2.41. The summed E-state index contributed by atoms with van der Waals surface area (Å²) in [7, 11) is 1.37. The number of hydrogen-bond acceptors (Lipinski definition) is 5. The van der Waals surface area contributed by atoms with Crippen molar-refractivity contribution >= 4 is 17.8 Å². The highest BCUT2D eigenvalue weighted by Crippen LogP contribution is 2.46. The minimum Gasteiger partial charge on any atom is -0.469 e. The predicted molar refractivity (Wildman–Crippen MR) is 121 cm³/mol. The summed E-state index contributed by atoms with van der Waals surface area (Å²) in [4.78, 5) is 40.9. The fourth-order valence-corrected chi connectivity index (χ4v) is 6.00. The molecular weight excluding hydrogens is 406 g/mol. The Labute approximate surface area is 190 Å². The van der Waals surface area contributed by atoms with Crippen LogP contribution in [0, 0.1) is 11.8 Å². The molecule has 0 aromatic heterocycles. The van der Waals surface area contributed by atoms with Crippen molar-refractivity contribution in [1.29, 1.82) is 0 Å². The number of carbonyl (C=O) groups excluding carboxylic acids is 3. The van der Waals surface area contributed by atoms with E-state index >= 15 is 0 Å². The molecule has 2 bridgehead atoms. The summed E-state index contributed by atoms with van der Waals surface area (Å²) in [6.07, 6.45) is 7.24. The number of amides is 2. The SMILES string of the molecule is COC(=O)[C@H]1[C@H](C(=O)N[C@@H](C)c2ccccc2)[C@@H]2CC[C@H]1N2CC(=O)NC1CCCCC1. The molecule has 1 saturated carbocycles. The van der Waals surface area contributed by atoms with E-state index in [2.05, 4.69) is 15.5 Å². The summed E-state index contributed by atoms with van der Waals surface area (Å²) < 4.78 is 5.09. The molecule has 2 N–H and O–H groups in total. The van der Waals surface area contributed by atoms with Gasteiger partial charge in [-0.05, 0) is 38.2 Å². The zero-order chi connectivity index (χ0) is 22.7. The Morgan fingerprint density at radius 2 is 1.66 bits per heavy atom. The van der Waals surface area contributed by atoms with Crippen molar-refractivity contribution in [3.63, 3.8) is 0 Å². The van der Waals surface area contributed by atoms with Crippen LogP contribution in [-0.2, 0) is 19.1 Å². The number of carbonyl (C=O) groups is 3. The zero-order valence-electron chi connectivity index (χ0n) is 19.1. The third-order valence-corrected chi connectivity index (χ3v) is 7.56. The number of nitrogens with one attached hydrogen (secondary N) is 2. The van der Waals surface area contributed by atoms with E-state index in [-0.39, 0.29) is 48.5 Å². The fourth-order valence-electron chi connectivity index (χ4n) is 6.00. The first-order valence-corrected chi connectivity index (χ1v) is 12.0. The van der Waals surface area contributed by atoms with Crippen LogP contribution in [0.25, 0.3) is 0 Å². The summed E-state index contributed by atoms with van der Waals surface area (Å²) in [5, 5.41) is 6.27. The van der Waals surface area contributed by atoms with Crippen LogP contribution in [0.4, 0.5) is 0 Å². The second-order valence-electron chi connectivity index (χ2n) is 9.50. The molecule has 2 saturated heterocycles. The molecule has 174 valence electrons. The average Bonchev–Trinajstić information content (AvgIpc) is 3.34. The largest absolute Gasteiger partial charge is 0.469 e. The van der Waals surface area contributed by atoms with Gasteiger partial charge in [0.05, 0.1) is 31.5 Å². The summed E-state index contributed by atoms with van der Waals surface area (Å²) >= 11 is 0. The highest BCUT2D eigenvalue weighted by molar-refractivity contribution is 5.88. The fraction of sp³-hybridized carbons (Fsp3) is 0.640. The quantitative estimate of drug-likeness (QED) is 0.635. The number of nitrogens with zero attached hydrogens (tertiary/aromatic N) is 1. The van der Waals surface area contributed by atoms with Crippen molar-refractivity contribution in [2.24, 2.45) is 11.8 Å².